The van der Waals surface area contributed by atoms with Gasteiger partial charge < -0.3 is 9.84 Å². The lowest BCUT2D eigenvalue weighted by Crippen LogP contribution is -2.06. The highest BCUT2D eigenvalue weighted by Crippen LogP contribution is 2.07. The van der Waals surface area contributed by atoms with Crippen molar-refractivity contribution in [2.45, 2.75) is 13.3 Å². The second kappa shape index (κ2) is 4.44. The lowest BCUT2D eigenvalue weighted by Gasteiger charge is -1.96. The molecular weight excluding hydrogens is 232 g/mol. The zero-order valence-corrected chi connectivity index (χ0v) is 9.87. The number of aryl methyl sites for hydroxylation is 1. The molecule has 18 heavy (non-hydrogen) atoms. The van der Waals surface area contributed by atoms with E-state index in [4.69, 9.17) is 4.52 Å². The van der Waals surface area contributed by atoms with E-state index in [1.165, 1.54) is 6.33 Å². The molecule has 0 aliphatic heterocycles. The maximum absolute atomic E-state index is 4.90. The first-order valence-corrected chi connectivity index (χ1v) is 5.64. The van der Waals surface area contributed by atoms with Crippen LogP contribution in [0, 0.1) is 6.92 Å². The van der Waals surface area contributed by atoms with Gasteiger partial charge in [-0.15, -0.1) is 5.10 Å². The third kappa shape index (κ3) is 2.15. The molecule has 0 aliphatic carbocycles. The van der Waals surface area contributed by atoms with Crippen LogP contribution in [0.2, 0.25) is 0 Å². The molecule has 0 radical (unpaired) electrons. The maximum Gasteiger partial charge on any atom is 0.243 e. The predicted molar refractivity (Wildman–Crippen MR) is 64.2 cm³/mol. The van der Waals surface area contributed by atoms with Crippen LogP contribution in [0.25, 0.3) is 5.65 Å². The van der Waals surface area contributed by atoms with Crippen LogP contribution in [-0.4, -0.2) is 31.3 Å². The first kappa shape index (κ1) is 10.7. The van der Waals surface area contributed by atoms with Crippen molar-refractivity contribution >= 4 is 11.6 Å². The van der Waals surface area contributed by atoms with Gasteiger partial charge in [0.1, 0.15) is 0 Å². The number of fused-ring (bicyclic) bond motifs is 1. The predicted octanol–water partition coefficient (Wildman–Crippen LogP) is 1.08. The van der Waals surface area contributed by atoms with Crippen LogP contribution in [0.3, 0.4) is 0 Å². The third-order valence-corrected chi connectivity index (χ3v) is 2.52. The van der Waals surface area contributed by atoms with Crippen molar-refractivity contribution in [1.29, 1.82) is 0 Å². The van der Waals surface area contributed by atoms with Gasteiger partial charge in [-0.25, -0.2) is 4.52 Å². The molecule has 0 saturated heterocycles. The Morgan fingerprint density at radius 1 is 1.44 bits per heavy atom. The normalized spacial score (nSPS) is 10.9. The topological polar surface area (TPSA) is 81.1 Å². The minimum absolute atomic E-state index is 0.597. The Morgan fingerprint density at radius 3 is 3.22 bits per heavy atom. The lowest BCUT2D eigenvalue weighted by atomic mass is 10.3. The SMILES string of the molecule is Cc1ccn2nc(NCCc3ncno3)nc2c1. The van der Waals surface area contributed by atoms with Crippen LogP contribution in [0.15, 0.2) is 29.2 Å². The van der Waals surface area contributed by atoms with Gasteiger partial charge >= 0.3 is 0 Å². The summed E-state index contributed by atoms with van der Waals surface area (Å²) in [7, 11) is 0. The zero-order valence-electron chi connectivity index (χ0n) is 9.87. The zero-order chi connectivity index (χ0) is 12.4. The van der Waals surface area contributed by atoms with Crippen molar-refractivity contribution in [1.82, 2.24) is 24.7 Å². The molecule has 92 valence electrons. The quantitative estimate of drug-likeness (QED) is 0.739. The maximum atomic E-state index is 4.90. The van der Waals surface area contributed by atoms with Crippen LogP contribution in [0.4, 0.5) is 5.95 Å². The van der Waals surface area contributed by atoms with Crippen molar-refractivity contribution in [3.63, 3.8) is 0 Å². The number of rotatable bonds is 4. The van der Waals surface area contributed by atoms with E-state index in [1.54, 1.807) is 4.52 Å². The molecule has 0 aliphatic rings. The molecule has 7 heteroatoms. The molecule has 7 nitrogen and oxygen atoms in total. The smallest absolute Gasteiger partial charge is 0.243 e. The Morgan fingerprint density at radius 2 is 2.39 bits per heavy atom. The summed E-state index contributed by atoms with van der Waals surface area (Å²) in [5, 5.41) is 11.0. The lowest BCUT2D eigenvalue weighted by molar-refractivity contribution is 0.379. The number of aromatic nitrogens is 5. The van der Waals surface area contributed by atoms with Crippen LogP contribution in [0.1, 0.15) is 11.5 Å². The van der Waals surface area contributed by atoms with Crippen LogP contribution in [-0.2, 0) is 6.42 Å². The molecule has 3 aromatic heterocycles. The first-order valence-electron chi connectivity index (χ1n) is 5.64. The number of hydrogen-bond acceptors (Lipinski definition) is 6. The second-order valence-electron chi connectivity index (χ2n) is 3.95. The van der Waals surface area contributed by atoms with Gasteiger partial charge in [0.2, 0.25) is 11.8 Å². The summed E-state index contributed by atoms with van der Waals surface area (Å²) in [4.78, 5) is 8.30. The van der Waals surface area contributed by atoms with E-state index >= 15 is 0 Å². The summed E-state index contributed by atoms with van der Waals surface area (Å²) in [6.45, 7) is 2.68. The molecule has 0 spiro atoms. The molecule has 1 N–H and O–H groups in total. The second-order valence-corrected chi connectivity index (χ2v) is 3.95. The molecule has 0 saturated carbocycles. The summed E-state index contributed by atoms with van der Waals surface area (Å²) in [5.41, 5.74) is 1.99. The van der Waals surface area contributed by atoms with E-state index in [1.807, 2.05) is 25.3 Å². The summed E-state index contributed by atoms with van der Waals surface area (Å²) in [5.74, 6) is 1.20. The summed E-state index contributed by atoms with van der Waals surface area (Å²) < 4.78 is 6.64. The minimum atomic E-state index is 0.597. The molecule has 0 unspecified atom stereocenters. The highest BCUT2D eigenvalue weighted by molar-refractivity contribution is 5.45. The fourth-order valence-corrected chi connectivity index (χ4v) is 1.65. The largest absolute Gasteiger partial charge is 0.352 e. The van der Waals surface area contributed by atoms with Gasteiger partial charge in [0, 0.05) is 19.2 Å². The van der Waals surface area contributed by atoms with E-state index in [0.29, 0.717) is 24.8 Å². The van der Waals surface area contributed by atoms with E-state index < -0.39 is 0 Å². The summed E-state index contributed by atoms with van der Waals surface area (Å²) >= 11 is 0. The summed E-state index contributed by atoms with van der Waals surface area (Å²) in [6, 6.07) is 3.97. The highest BCUT2D eigenvalue weighted by atomic mass is 16.5. The molecule has 0 fully saturated rings. The molecular formula is C11H12N6O. The Bertz CT molecular complexity index is 645. The number of hydrogen-bond donors (Lipinski definition) is 1. The molecule has 3 heterocycles. The molecule has 0 bridgehead atoms. The summed E-state index contributed by atoms with van der Waals surface area (Å²) in [6.07, 6.45) is 3.93. The van der Waals surface area contributed by atoms with Gasteiger partial charge in [0.15, 0.2) is 12.0 Å². The molecule has 0 atom stereocenters. The molecule has 3 aromatic rings. The van der Waals surface area contributed by atoms with E-state index in [-0.39, 0.29) is 0 Å². The van der Waals surface area contributed by atoms with Gasteiger partial charge in [0.05, 0.1) is 0 Å². The van der Waals surface area contributed by atoms with Gasteiger partial charge in [-0.05, 0) is 24.6 Å². The third-order valence-electron chi connectivity index (χ3n) is 2.52. The fourth-order valence-electron chi connectivity index (χ4n) is 1.65. The van der Waals surface area contributed by atoms with Crippen LogP contribution >= 0.6 is 0 Å². The van der Waals surface area contributed by atoms with Crippen molar-refractivity contribution in [2.75, 3.05) is 11.9 Å². The fraction of sp³-hybridized carbons (Fsp3) is 0.273. The Hall–Kier alpha value is -2.44. The molecule has 0 aromatic carbocycles. The average molecular weight is 244 g/mol. The molecule has 0 amide bonds. The van der Waals surface area contributed by atoms with Gasteiger partial charge in [-0.1, -0.05) is 5.16 Å². The van der Waals surface area contributed by atoms with Crippen molar-refractivity contribution in [3.05, 3.63) is 36.1 Å². The average Bonchev–Trinajstić information content (AvgIpc) is 2.97. The van der Waals surface area contributed by atoms with Crippen molar-refractivity contribution < 1.29 is 4.52 Å². The number of nitrogens with zero attached hydrogens (tertiary/aromatic N) is 5. The highest BCUT2D eigenvalue weighted by Gasteiger charge is 2.04. The van der Waals surface area contributed by atoms with Crippen LogP contribution < -0.4 is 5.32 Å². The number of anilines is 1. The number of nitrogens with one attached hydrogen (secondary N) is 1. The van der Waals surface area contributed by atoms with Crippen molar-refractivity contribution in [2.24, 2.45) is 0 Å². The monoisotopic (exact) mass is 244 g/mol. The van der Waals surface area contributed by atoms with Crippen LogP contribution in [0.5, 0.6) is 0 Å². The number of pyridine rings is 1. The van der Waals surface area contributed by atoms with Crippen molar-refractivity contribution in [3.8, 4) is 0 Å². The first-order chi connectivity index (χ1) is 8.81. The Kier molecular flexibility index (Phi) is 2.64. The van der Waals surface area contributed by atoms with Gasteiger partial charge in [-0.3, -0.25) is 0 Å². The Labute approximate surface area is 103 Å². The Balaban J connectivity index is 1.67. The minimum Gasteiger partial charge on any atom is -0.352 e. The molecule has 3 rings (SSSR count). The standard InChI is InChI=1S/C11H12N6O/c1-8-3-5-17-9(6-8)15-11(16-17)12-4-2-10-13-7-14-18-10/h3,5-7H,2,4H2,1H3,(H,12,16). The van der Waals surface area contributed by atoms with E-state index in [2.05, 4.69) is 25.5 Å². The van der Waals surface area contributed by atoms with E-state index in [0.717, 1.165) is 11.2 Å². The van der Waals surface area contributed by atoms with E-state index in [9.17, 15) is 0 Å². The van der Waals surface area contributed by atoms with Gasteiger partial charge in [-0.2, -0.15) is 9.97 Å². The van der Waals surface area contributed by atoms with Gasteiger partial charge in [0.25, 0.3) is 0 Å².